The molecule has 1 aromatic heterocycles. The molecule has 0 saturated heterocycles. The van der Waals surface area contributed by atoms with Crippen LogP contribution >= 0.6 is 0 Å². The Balaban J connectivity index is 1.71. The van der Waals surface area contributed by atoms with E-state index in [9.17, 15) is 18.0 Å². The van der Waals surface area contributed by atoms with Crippen molar-refractivity contribution in [2.24, 2.45) is 0 Å². The molecule has 7 nitrogen and oxygen atoms in total. The van der Waals surface area contributed by atoms with Gasteiger partial charge in [0.15, 0.2) is 0 Å². The van der Waals surface area contributed by atoms with Gasteiger partial charge in [-0.1, -0.05) is 39.0 Å². The zero-order valence-corrected chi connectivity index (χ0v) is 17.5. The number of amides is 2. The lowest BCUT2D eigenvalue weighted by Gasteiger charge is -2.22. The maximum atomic E-state index is 12.4. The van der Waals surface area contributed by atoms with E-state index in [0.717, 1.165) is 17.7 Å². The molecule has 0 aliphatic carbocycles. The van der Waals surface area contributed by atoms with Gasteiger partial charge in [0.2, 0.25) is 0 Å². The summed E-state index contributed by atoms with van der Waals surface area (Å²) in [5.41, 5.74) is 1.28. The number of hydrogen-bond acceptors (Lipinski definition) is 5. The fourth-order valence-corrected chi connectivity index (χ4v) is 2.79. The highest BCUT2D eigenvalue weighted by molar-refractivity contribution is 6.00. The second kappa shape index (κ2) is 9.13. The predicted molar refractivity (Wildman–Crippen MR) is 113 cm³/mol. The number of rotatable bonds is 5. The van der Waals surface area contributed by atoms with Crippen LogP contribution in [0.25, 0.3) is 0 Å². The minimum atomic E-state index is -4.79. The van der Waals surface area contributed by atoms with Crippen LogP contribution < -0.4 is 20.1 Å². The van der Waals surface area contributed by atoms with Crippen LogP contribution in [0, 0.1) is 0 Å². The fraction of sp³-hybridized carbons (Fsp3) is 0.227. The van der Waals surface area contributed by atoms with E-state index in [1.807, 2.05) is 39.0 Å². The summed E-state index contributed by atoms with van der Waals surface area (Å²) < 4.78 is 46.5. The highest BCUT2D eigenvalue weighted by Gasteiger charge is 2.31. The van der Waals surface area contributed by atoms with Gasteiger partial charge in [-0.3, -0.25) is 0 Å². The van der Waals surface area contributed by atoms with Gasteiger partial charge in [-0.2, -0.15) is 5.10 Å². The van der Waals surface area contributed by atoms with Crippen LogP contribution in [0.1, 0.15) is 26.3 Å². The summed E-state index contributed by atoms with van der Waals surface area (Å²) in [6, 6.07) is 13.1. The highest BCUT2D eigenvalue weighted by Crippen LogP contribution is 2.35. The zero-order valence-electron chi connectivity index (χ0n) is 17.5. The number of nitrogens with zero attached hydrogens (tertiary/aromatic N) is 2. The van der Waals surface area contributed by atoms with Crippen LogP contribution in [-0.4, -0.2) is 22.6 Å². The number of benzene rings is 2. The molecule has 3 aromatic rings. The van der Waals surface area contributed by atoms with Crippen molar-refractivity contribution in [1.82, 2.24) is 10.2 Å². The molecule has 0 spiro atoms. The number of alkyl halides is 3. The van der Waals surface area contributed by atoms with Gasteiger partial charge >= 0.3 is 12.4 Å². The molecule has 0 saturated carbocycles. The van der Waals surface area contributed by atoms with Crippen molar-refractivity contribution in [3.63, 3.8) is 0 Å². The molecule has 1 heterocycles. The Kier molecular flexibility index (Phi) is 6.52. The number of carbonyl (C=O) groups excluding carboxylic acids is 1. The number of urea groups is 1. The van der Waals surface area contributed by atoms with Crippen molar-refractivity contribution in [2.45, 2.75) is 32.5 Å². The van der Waals surface area contributed by atoms with Crippen molar-refractivity contribution >= 4 is 17.4 Å². The van der Waals surface area contributed by atoms with E-state index in [-0.39, 0.29) is 22.7 Å². The lowest BCUT2D eigenvalue weighted by molar-refractivity contribution is -0.274. The monoisotopic (exact) mass is 446 g/mol. The van der Waals surface area contributed by atoms with E-state index in [0.29, 0.717) is 5.75 Å². The third-order valence-electron chi connectivity index (χ3n) is 4.18. The second-order valence-electron chi connectivity index (χ2n) is 7.75. The molecule has 0 unspecified atom stereocenters. The van der Waals surface area contributed by atoms with Crippen molar-refractivity contribution in [3.8, 4) is 17.4 Å². The third-order valence-corrected chi connectivity index (χ3v) is 4.18. The van der Waals surface area contributed by atoms with Gasteiger partial charge in [-0.05, 0) is 41.8 Å². The smallest absolute Gasteiger partial charge is 0.436 e. The first-order chi connectivity index (χ1) is 15.0. The van der Waals surface area contributed by atoms with Crippen LogP contribution in [0.5, 0.6) is 17.4 Å². The van der Waals surface area contributed by atoms with Crippen molar-refractivity contribution in [1.29, 1.82) is 0 Å². The summed E-state index contributed by atoms with van der Waals surface area (Å²) in [5, 5.41) is 12.9. The summed E-state index contributed by atoms with van der Waals surface area (Å²) in [4.78, 5) is 12.4. The molecular weight excluding hydrogens is 425 g/mol. The largest absolute Gasteiger partial charge is 0.573 e. The minimum absolute atomic E-state index is 0.0910. The Morgan fingerprint density at radius 1 is 0.938 bits per heavy atom. The number of aromatic nitrogens is 2. The molecule has 2 N–H and O–H groups in total. The third kappa shape index (κ3) is 6.34. The zero-order chi connectivity index (χ0) is 23.4. The number of nitrogens with one attached hydrogen (secondary N) is 2. The first-order valence-corrected chi connectivity index (χ1v) is 9.54. The van der Waals surface area contributed by atoms with Gasteiger partial charge < -0.3 is 20.1 Å². The molecule has 10 heteroatoms. The summed E-state index contributed by atoms with van der Waals surface area (Å²) >= 11 is 0. The quantitative estimate of drug-likeness (QED) is 0.494. The van der Waals surface area contributed by atoms with Crippen LogP contribution in [-0.2, 0) is 5.41 Å². The number of carbonyl (C=O) groups is 1. The predicted octanol–water partition coefficient (Wildman–Crippen LogP) is 6.11. The van der Waals surface area contributed by atoms with E-state index >= 15 is 0 Å². The van der Waals surface area contributed by atoms with E-state index in [2.05, 4.69) is 25.6 Å². The molecule has 0 fully saturated rings. The lowest BCUT2D eigenvalue weighted by Crippen LogP contribution is -2.20. The van der Waals surface area contributed by atoms with Crippen molar-refractivity contribution in [2.75, 3.05) is 10.6 Å². The maximum absolute atomic E-state index is 12.4. The first kappa shape index (κ1) is 22.9. The molecule has 32 heavy (non-hydrogen) atoms. The molecule has 0 radical (unpaired) electrons. The summed E-state index contributed by atoms with van der Waals surface area (Å²) in [6.07, 6.45) is -3.40. The summed E-state index contributed by atoms with van der Waals surface area (Å²) in [5.74, 6) is 0.271. The van der Waals surface area contributed by atoms with E-state index in [4.69, 9.17) is 4.74 Å². The number of hydrogen-bond donors (Lipinski definition) is 2. The number of halogens is 3. The van der Waals surface area contributed by atoms with Gasteiger partial charge in [0.25, 0.3) is 5.88 Å². The Hall–Kier alpha value is -3.82. The van der Waals surface area contributed by atoms with E-state index in [1.54, 1.807) is 6.07 Å². The van der Waals surface area contributed by atoms with Gasteiger partial charge in [-0.25, -0.2) is 4.79 Å². The Morgan fingerprint density at radius 2 is 1.62 bits per heavy atom. The molecular formula is C22H21F3N4O3. The Labute approximate surface area is 182 Å². The van der Waals surface area contributed by atoms with Gasteiger partial charge in [0.1, 0.15) is 17.2 Å². The average molecular weight is 446 g/mol. The molecule has 3 rings (SSSR count). The Morgan fingerprint density at radius 3 is 2.28 bits per heavy atom. The van der Waals surface area contributed by atoms with Crippen molar-refractivity contribution in [3.05, 3.63) is 66.4 Å². The van der Waals surface area contributed by atoms with Gasteiger partial charge in [-0.15, -0.1) is 18.3 Å². The molecule has 2 aromatic carbocycles. The first-order valence-electron chi connectivity index (χ1n) is 9.54. The normalized spacial score (nSPS) is 11.6. The highest BCUT2D eigenvalue weighted by atomic mass is 19.4. The number of para-hydroxylation sites is 1. The molecule has 2 amide bonds. The number of ether oxygens (including phenoxy) is 2. The topological polar surface area (TPSA) is 85.4 Å². The molecule has 0 aliphatic heterocycles. The maximum Gasteiger partial charge on any atom is 0.573 e. The minimum Gasteiger partial charge on any atom is -0.436 e. The molecule has 168 valence electrons. The molecule has 0 atom stereocenters. The lowest BCUT2D eigenvalue weighted by atomic mass is 9.86. The van der Waals surface area contributed by atoms with Crippen LogP contribution in [0.2, 0.25) is 0 Å². The van der Waals surface area contributed by atoms with Crippen LogP contribution in [0.3, 0.4) is 0 Å². The number of anilines is 2. The SMILES string of the molecule is CC(C)(C)c1ccccc1Oc1nnccc1NC(=O)Nc1ccc(OC(F)(F)F)cc1. The van der Waals surface area contributed by atoms with E-state index in [1.165, 1.54) is 24.4 Å². The average Bonchev–Trinajstić information content (AvgIpc) is 2.69. The van der Waals surface area contributed by atoms with Gasteiger partial charge in [0, 0.05) is 11.3 Å². The van der Waals surface area contributed by atoms with Crippen LogP contribution in [0.15, 0.2) is 60.8 Å². The summed E-state index contributed by atoms with van der Waals surface area (Å²) in [7, 11) is 0. The molecule has 0 bridgehead atoms. The van der Waals surface area contributed by atoms with Gasteiger partial charge in [0.05, 0.1) is 6.20 Å². The fourth-order valence-electron chi connectivity index (χ4n) is 2.79. The Bertz CT molecular complexity index is 1080. The standard InChI is InChI=1S/C22H21F3N4O3/c1-21(2,3)16-6-4-5-7-18(16)31-19-17(12-13-26-29-19)28-20(30)27-14-8-10-15(11-9-14)32-22(23,24)25/h4-13H,1-3H3,(H2,26,27,28,30). The summed E-state index contributed by atoms with van der Waals surface area (Å²) in [6.45, 7) is 6.14. The molecule has 0 aliphatic rings. The van der Waals surface area contributed by atoms with Crippen molar-refractivity contribution < 1.29 is 27.4 Å². The van der Waals surface area contributed by atoms with Crippen LogP contribution in [0.4, 0.5) is 29.3 Å². The van der Waals surface area contributed by atoms with E-state index < -0.39 is 18.1 Å². The second-order valence-corrected chi connectivity index (χ2v) is 7.75.